The largest absolute Gasteiger partial charge is 0.466 e. The van der Waals surface area contributed by atoms with Crippen LogP contribution in [-0.2, 0) is 52.5 Å². The molecule has 14 heteroatoms. The highest BCUT2D eigenvalue weighted by Crippen LogP contribution is 2.83. The summed E-state index contributed by atoms with van der Waals surface area (Å²) in [5.74, 6) is -8.25. The number of rotatable bonds is 1. The first-order valence-corrected chi connectivity index (χ1v) is 18.8. The smallest absolute Gasteiger partial charge is 0.338 e. The van der Waals surface area contributed by atoms with E-state index in [9.17, 15) is 44.1 Å². The third kappa shape index (κ3) is 4.16. The van der Waals surface area contributed by atoms with Gasteiger partial charge < -0.3 is 39.0 Å². The molecule has 0 radical (unpaired) electrons. The Hall–Kier alpha value is -4.14. The molecule has 0 aromatic carbocycles. The lowest BCUT2D eigenvalue weighted by atomic mass is 9.41. The van der Waals surface area contributed by atoms with E-state index in [1.54, 1.807) is 6.92 Å². The van der Waals surface area contributed by atoms with E-state index in [1.165, 1.54) is 27.0 Å². The van der Waals surface area contributed by atoms with Gasteiger partial charge in [0.25, 0.3) is 0 Å². The number of hydrogen-bond donors (Lipinski definition) is 3. The van der Waals surface area contributed by atoms with Crippen LogP contribution in [0.3, 0.4) is 0 Å². The Morgan fingerprint density at radius 1 is 0.944 bits per heavy atom. The van der Waals surface area contributed by atoms with Gasteiger partial charge in [0.05, 0.1) is 37.5 Å². The Morgan fingerprint density at radius 3 is 2.35 bits per heavy atom. The van der Waals surface area contributed by atoms with Crippen LogP contribution in [0.5, 0.6) is 0 Å². The van der Waals surface area contributed by atoms with Crippen LogP contribution in [-0.4, -0.2) is 101 Å². The average Bonchev–Trinajstić information content (AvgIpc) is 4.05. The van der Waals surface area contributed by atoms with Gasteiger partial charge in [-0.15, -0.1) is 0 Å². The van der Waals surface area contributed by atoms with Gasteiger partial charge in [-0.05, 0) is 85.0 Å². The predicted octanol–water partition coefficient (Wildman–Crippen LogP) is 1.35. The standard InChI is InChI=1S/C40H44O14/c1-15-8-9-51-24(41)6-7-25(42)52-13-18-20-12-23-37(3,21-11-22(21)39(23,49)14-53-34(15)46)32-30(43)27-17-10-19(17)38(4)28(27)29(40(20,32)54-36(18)48)26(31(44)33(38)45)16(2)35(47)50-5/h8,17,19,21-23,29-30,32-33,43,45,49H,6-7,9-14H2,1-5H3. The van der Waals surface area contributed by atoms with Gasteiger partial charge >= 0.3 is 29.8 Å². The van der Waals surface area contributed by atoms with Gasteiger partial charge in [0.1, 0.15) is 31.5 Å². The molecule has 3 N–H and O–H groups in total. The SMILES string of the molecule is COC(=O)C(C)=C1C(=O)C(O)C2(C)C3=C(C(O)C4C5(OC(=O)C6=C5CC5C(O)(COC(=O)C(C)=CCOC(=O)CCC(=O)OC6)C6CC6C54C)C13)C1CC12. The first-order chi connectivity index (χ1) is 25.5. The molecule has 288 valence electrons. The summed E-state index contributed by atoms with van der Waals surface area (Å²) >= 11 is 0. The molecule has 0 aromatic heterocycles. The third-order valence-electron chi connectivity index (χ3n) is 15.2. The second kappa shape index (κ2) is 11.2. The normalized spacial score (nSPS) is 47.1. The fourth-order valence-corrected chi connectivity index (χ4v) is 12.7. The van der Waals surface area contributed by atoms with Crippen molar-refractivity contribution in [3.05, 3.63) is 45.1 Å². The van der Waals surface area contributed by atoms with Crippen molar-refractivity contribution in [2.24, 2.45) is 52.3 Å². The molecule has 2 bridgehead atoms. The van der Waals surface area contributed by atoms with Crippen molar-refractivity contribution in [1.29, 1.82) is 0 Å². The molecule has 9 rings (SSSR count). The molecule has 0 aromatic rings. The number of Topliss-reactive ketones (excluding diaryl/α,β-unsaturated/α-hetero) is 1. The Kier molecular flexibility index (Phi) is 7.39. The summed E-state index contributed by atoms with van der Waals surface area (Å²) in [7, 11) is 1.18. The lowest BCUT2D eigenvalue weighted by molar-refractivity contribution is -0.206. The van der Waals surface area contributed by atoms with Crippen LogP contribution in [0.4, 0.5) is 0 Å². The summed E-state index contributed by atoms with van der Waals surface area (Å²) in [6, 6.07) is 0. The monoisotopic (exact) mass is 748 g/mol. The predicted molar refractivity (Wildman–Crippen MR) is 180 cm³/mol. The van der Waals surface area contributed by atoms with Gasteiger partial charge in [-0.2, -0.15) is 0 Å². The summed E-state index contributed by atoms with van der Waals surface area (Å²) in [4.78, 5) is 80.9. The highest BCUT2D eigenvalue weighted by molar-refractivity contribution is 6.09. The number of cyclic esters (lactones) is 3. The molecule has 13 atom stereocenters. The second-order valence-corrected chi connectivity index (χ2v) is 17.3. The van der Waals surface area contributed by atoms with Crippen molar-refractivity contribution in [1.82, 2.24) is 0 Å². The van der Waals surface area contributed by atoms with Gasteiger partial charge in [0, 0.05) is 34.0 Å². The van der Waals surface area contributed by atoms with E-state index in [0.29, 0.717) is 29.6 Å². The van der Waals surface area contributed by atoms with Crippen LogP contribution in [0.15, 0.2) is 45.1 Å². The minimum Gasteiger partial charge on any atom is -0.466 e. The van der Waals surface area contributed by atoms with Crippen LogP contribution in [0.25, 0.3) is 0 Å². The lowest BCUT2D eigenvalue weighted by Crippen LogP contribution is -2.70. The highest BCUT2D eigenvalue weighted by Gasteiger charge is 2.85. The van der Waals surface area contributed by atoms with Crippen LogP contribution < -0.4 is 0 Å². The first-order valence-electron chi connectivity index (χ1n) is 18.8. The van der Waals surface area contributed by atoms with Crippen LogP contribution >= 0.6 is 0 Å². The third-order valence-corrected chi connectivity index (χ3v) is 15.2. The van der Waals surface area contributed by atoms with Crippen LogP contribution in [0.2, 0.25) is 0 Å². The molecule has 5 saturated carbocycles. The number of aliphatic hydroxyl groups excluding tert-OH is 2. The molecule has 13 unspecified atom stereocenters. The minimum atomic E-state index is -1.79. The molecule has 14 nitrogen and oxygen atoms in total. The van der Waals surface area contributed by atoms with Crippen molar-refractivity contribution in [3.63, 3.8) is 0 Å². The first kappa shape index (κ1) is 35.6. The molecule has 2 heterocycles. The van der Waals surface area contributed by atoms with Gasteiger partial charge in [-0.1, -0.05) is 13.8 Å². The Labute approximate surface area is 310 Å². The lowest BCUT2D eigenvalue weighted by Gasteiger charge is -2.64. The van der Waals surface area contributed by atoms with E-state index in [1.807, 2.05) is 6.92 Å². The van der Waals surface area contributed by atoms with Gasteiger partial charge in [0.2, 0.25) is 0 Å². The number of aliphatic hydroxyl groups is 3. The summed E-state index contributed by atoms with van der Waals surface area (Å²) in [6.07, 6.45) is -0.944. The average molecular weight is 749 g/mol. The summed E-state index contributed by atoms with van der Waals surface area (Å²) in [5, 5.41) is 37.5. The highest BCUT2D eigenvalue weighted by atomic mass is 16.6. The summed E-state index contributed by atoms with van der Waals surface area (Å²) in [6.45, 7) is 5.51. The molecule has 0 amide bonds. The second-order valence-electron chi connectivity index (χ2n) is 17.3. The molecule has 54 heavy (non-hydrogen) atoms. The van der Waals surface area contributed by atoms with Crippen molar-refractivity contribution < 1.29 is 67.8 Å². The molecule has 0 saturated heterocycles. The zero-order valence-electron chi connectivity index (χ0n) is 30.8. The molecule has 1 spiro atoms. The summed E-state index contributed by atoms with van der Waals surface area (Å²) in [5.41, 5.74) is -3.96. The number of esters is 5. The van der Waals surface area contributed by atoms with E-state index in [-0.39, 0.29) is 71.8 Å². The Balaban J connectivity index is 1.29. The van der Waals surface area contributed by atoms with E-state index in [4.69, 9.17) is 23.7 Å². The van der Waals surface area contributed by atoms with E-state index in [0.717, 1.165) is 0 Å². The number of hydrogen-bond acceptors (Lipinski definition) is 14. The molecule has 5 fully saturated rings. The van der Waals surface area contributed by atoms with E-state index >= 15 is 0 Å². The maximum absolute atomic E-state index is 14.6. The number of carbonyl (C=O) groups is 6. The van der Waals surface area contributed by atoms with Gasteiger partial charge in [-0.25, -0.2) is 14.4 Å². The number of fused-ring (bicyclic) bond motifs is 7. The van der Waals surface area contributed by atoms with Crippen LogP contribution in [0, 0.1) is 52.3 Å². The van der Waals surface area contributed by atoms with Crippen LogP contribution in [0.1, 0.15) is 59.8 Å². The topological polar surface area (TPSA) is 209 Å². The maximum Gasteiger partial charge on any atom is 0.338 e. The minimum absolute atomic E-state index is 0.00940. The molecule has 7 aliphatic carbocycles. The van der Waals surface area contributed by atoms with Crippen molar-refractivity contribution in [3.8, 4) is 0 Å². The van der Waals surface area contributed by atoms with E-state index < -0.39 is 101 Å². The number of ether oxygens (including phenoxy) is 5. The fourth-order valence-electron chi connectivity index (χ4n) is 12.7. The molecular weight excluding hydrogens is 704 g/mol. The fraction of sp³-hybridized carbons (Fsp3) is 0.650. The molecular formula is C40H44O14. The number of carbonyl (C=O) groups excluding carboxylic acids is 6. The van der Waals surface area contributed by atoms with Gasteiger partial charge in [-0.3, -0.25) is 14.4 Å². The zero-order valence-corrected chi connectivity index (χ0v) is 30.8. The quantitative estimate of drug-likeness (QED) is 0.150. The van der Waals surface area contributed by atoms with Crippen molar-refractivity contribution in [2.75, 3.05) is 26.9 Å². The Morgan fingerprint density at radius 2 is 1.65 bits per heavy atom. The van der Waals surface area contributed by atoms with Crippen molar-refractivity contribution in [2.45, 2.75) is 83.2 Å². The number of ketones is 1. The molecule has 9 aliphatic rings. The maximum atomic E-state index is 14.6. The molecule has 2 aliphatic heterocycles. The Bertz CT molecular complexity index is 2000. The summed E-state index contributed by atoms with van der Waals surface area (Å²) < 4.78 is 28.2. The van der Waals surface area contributed by atoms with Gasteiger partial charge in [0.15, 0.2) is 11.4 Å². The van der Waals surface area contributed by atoms with E-state index in [2.05, 4.69) is 0 Å². The van der Waals surface area contributed by atoms with Crippen molar-refractivity contribution >= 4 is 35.6 Å². The number of methoxy groups -OCH3 is 1. The zero-order chi connectivity index (χ0) is 38.6.